The van der Waals surface area contributed by atoms with Gasteiger partial charge in [0.25, 0.3) is 0 Å². The van der Waals surface area contributed by atoms with Crippen molar-refractivity contribution in [3.05, 3.63) is 48.3 Å². The third-order valence-electron chi connectivity index (χ3n) is 4.85. The lowest BCUT2D eigenvalue weighted by atomic mass is 9.84. The number of benzene rings is 1. The minimum absolute atomic E-state index is 0.187. The summed E-state index contributed by atoms with van der Waals surface area (Å²) in [4.78, 5) is 4.72. The number of nitrogens with two attached hydrogens (primary N) is 1. The maximum atomic E-state index is 6.04. The molecule has 0 saturated heterocycles. The predicted octanol–water partition coefficient (Wildman–Crippen LogP) is 4.34. The fourth-order valence-electron chi connectivity index (χ4n) is 3.12. The van der Waals surface area contributed by atoms with Gasteiger partial charge in [-0.25, -0.2) is 10.8 Å². The van der Waals surface area contributed by atoms with E-state index in [-0.39, 0.29) is 6.04 Å². The Bertz CT molecular complexity index is 532. The van der Waals surface area contributed by atoms with Crippen LogP contribution < -0.4 is 11.2 Å². The van der Waals surface area contributed by atoms with Crippen LogP contribution in [0, 0.1) is 11.8 Å². The van der Waals surface area contributed by atoms with Gasteiger partial charge in [-0.05, 0) is 32.3 Å². The predicted molar refractivity (Wildman–Crippen MR) is 109 cm³/mol. The first-order chi connectivity index (χ1) is 11.9. The molecule has 1 atom stereocenters. The molecule has 1 aromatic carbocycles. The topological polar surface area (TPSA) is 53.7 Å². The van der Waals surface area contributed by atoms with Gasteiger partial charge < -0.3 is 5.32 Å². The first kappa shape index (κ1) is 21.4. The Kier molecular flexibility index (Phi) is 9.46. The highest BCUT2D eigenvalue weighted by Crippen LogP contribution is 2.22. The van der Waals surface area contributed by atoms with E-state index in [0.29, 0.717) is 17.7 Å². The van der Waals surface area contributed by atoms with Crippen LogP contribution in [-0.4, -0.2) is 23.3 Å². The van der Waals surface area contributed by atoms with Crippen molar-refractivity contribution in [1.29, 1.82) is 0 Å². The highest BCUT2D eigenvalue weighted by molar-refractivity contribution is 5.85. The van der Waals surface area contributed by atoms with E-state index >= 15 is 0 Å². The van der Waals surface area contributed by atoms with Crippen LogP contribution in [0.3, 0.4) is 0 Å². The van der Waals surface area contributed by atoms with Gasteiger partial charge in [-0.15, -0.1) is 0 Å². The van der Waals surface area contributed by atoms with E-state index in [0.717, 1.165) is 31.6 Å². The summed E-state index contributed by atoms with van der Waals surface area (Å²) in [7, 11) is 0. The molecule has 0 heterocycles. The summed E-state index contributed by atoms with van der Waals surface area (Å²) in [6, 6.07) is 10.7. The van der Waals surface area contributed by atoms with Crippen molar-refractivity contribution in [3.63, 3.8) is 0 Å². The second kappa shape index (κ2) is 11.1. The SMILES string of the molecule is C=C(/N=C(\C)[C@H](CNCc1ccccc1)C(CC)CC)N(N)C(C)C. The molecule has 4 heteroatoms. The van der Waals surface area contributed by atoms with E-state index in [1.54, 1.807) is 5.01 Å². The largest absolute Gasteiger partial charge is 0.312 e. The van der Waals surface area contributed by atoms with Crippen LogP contribution in [0.4, 0.5) is 0 Å². The van der Waals surface area contributed by atoms with Gasteiger partial charge in [-0.3, -0.25) is 5.01 Å². The van der Waals surface area contributed by atoms with Gasteiger partial charge in [0, 0.05) is 30.8 Å². The molecule has 0 saturated carbocycles. The molecular weight excluding hydrogens is 308 g/mol. The Labute approximate surface area is 154 Å². The molecule has 0 aliphatic heterocycles. The fourth-order valence-corrected chi connectivity index (χ4v) is 3.12. The molecule has 25 heavy (non-hydrogen) atoms. The number of rotatable bonds is 11. The van der Waals surface area contributed by atoms with Crippen molar-refractivity contribution in [2.75, 3.05) is 6.54 Å². The number of nitrogens with one attached hydrogen (secondary N) is 1. The standard InChI is InChI=1S/C21H36N4/c1-7-20(8-2)21(15-23-14-19-12-10-9-11-13-19)17(5)24-18(6)25(22)16(3)4/h9-13,16,20-21,23H,6-8,14-15,22H2,1-5H3/b24-17+/t21-/m0/s1. The summed E-state index contributed by atoms with van der Waals surface area (Å²) in [5.41, 5.74) is 2.41. The maximum Gasteiger partial charge on any atom is 0.135 e. The second-order valence-corrected chi connectivity index (χ2v) is 6.97. The Balaban J connectivity index is 2.79. The Morgan fingerprint density at radius 1 is 1.20 bits per heavy atom. The first-order valence-electron chi connectivity index (χ1n) is 9.43. The van der Waals surface area contributed by atoms with E-state index < -0.39 is 0 Å². The molecule has 140 valence electrons. The first-order valence-corrected chi connectivity index (χ1v) is 9.43. The Morgan fingerprint density at radius 2 is 1.80 bits per heavy atom. The van der Waals surface area contributed by atoms with Crippen molar-refractivity contribution in [2.45, 2.75) is 60.0 Å². The lowest BCUT2D eigenvalue weighted by Gasteiger charge is -2.28. The number of nitrogens with zero attached hydrogens (tertiary/aromatic N) is 2. The van der Waals surface area contributed by atoms with Gasteiger partial charge in [0.15, 0.2) is 0 Å². The summed E-state index contributed by atoms with van der Waals surface area (Å²) in [6.45, 7) is 16.5. The van der Waals surface area contributed by atoms with Crippen molar-refractivity contribution in [1.82, 2.24) is 10.3 Å². The average Bonchev–Trinajstić information content (AvgIpc) is 2.61. The maximum absolute atomic E-state index is 6.04. The quantitative estimate of drug-likeness (QED) is 0.356. The van der Waals surface area contributed by atoms with Crippen LogP contribution in [0.5, 0.6) is 0 Å². The third-order valence-corrected chi connectivity index (χ3v) is 4.85. The minimum atomic E-state index is 0.187. The lowest BCUT2D eigenvalue weighted by Crippen LogP contribution is -2.37. The summed E-state index contributed by atoms with van der Waals surface area (Å²) in [6.07, 6.45) is 2.29. The molecule has 0 spiro atoms. The second-order valence-electron chi connectivity index (χ2n) is 6.97. The summed E-state index contributed by atoms with van der Waals surface area (Å²) in [5, 5.41) is 5.23. The van der Waals surface area contributed by atoms with Crippen molar-refractivity contribution >= 4 is 5.71 Å². The smallest absolute Gasteiger partial charge is 0.135 e. The van der Waals surface area contributed by atoms with Gasteiger partial charge >= 0.3 is 0 Å². The zero-order valence-corrected chi connectivity index (χ0v) is 16.6. The molecule has 0 aliphatic rings. The average molecular weight is 345 g/mol. The molecular formula is C21H36N4. The monoisotopic (exact) mass is 344 g/mol. The third kappa shape index (κ3) is 7.00. The molecule has 1 rings (SSSR count). The summed E-state index contributed by atoms with van der Waals surface area (Å²) < 4.78 is 0. The van der Waals surface area contributed by atoms with Gasteiger partial charge in [-0.2, -0.15) is 0 Å². The van der Waals surface area contributed by atoms with Crippen molar-refractivity contribution < 1.29 is 0 Å². The van der Waals surface area contributed by atoms with Crippen molar-refractivity contribution in [3.8, 4) is 0 Å². The Morgan fingerprint density at radius 3 is 2.32 bits per heavy atom. The van der Waals surface area contributed by atoms with E-state index in [1.165, 1.54) is 5.56 Å². The summed E-state index contributed by atoms with van der Waals surface area (Å²) in [5.74, 6) is 7.65. The van der Waals surface area contributed by atoms with Gasteiger partial charge in [-0.1, -0.05) is 63.6 Å². The van der Waals surface area contributed by atoms with Crippen LogP contribution in [0.25, 0.3) is 0 Å². The molecule has 0 radical (unpaired) electrons. The molecule has 0 aliphatic carbocycles. The molecule has 0 unspecified atom stereocenters. The molecule has 4 nitrogen and oxygen atoms in total. The number of aliphatic imine (C=N–C) groups is 1. The molecule has 0 fully saturated rings. The van der Waals surface area contributed by atoms with E-state index in [9.17, 15) is 0 Å². The number of hydrogen-bond acceptors (Lipinski definition) is 4. The van der Waals surface area contributed by atoms with E-state index in [4.69, 9.17) is 10.8 Å². The van der Waals surface area contributed by atoms with Crippen LogP contribution in [0.15, 0.2) is 47.7 Å². The van der Waals surface area contributed by atoms with Gasteiger partial charge in [0.05, 0.1) is 0 Å². The van der Waals surface area contributed by atoms with Gasteiger partial charge in [0.1, 0.15) is 5.82 Å². The highest BCUT2D eigenvalue weighted by Gasteiger charge is 2.22. The molecule has 0 aromatic heterocycles. The molecule has 3 N–H and O–H groups in total. The fraction of sp³-hybridized carbons (Fsp3) is 0.571. The minimum Gasteiger partial charge on any atom is -0.312 e. The van der Waals surface area contributed by atoms with Crippen LogP contribution in [-0.2, 0) is 6.54 Å². The lowest BCUT2D eigenvalue weighted by molar-refractivity contribution is 0.291. The van der Waals surface area contributed by atoms with Crippen LogP contribution in [0.1, 0.15) is 53.0 Å². The normalized spacial score (nSPS) is 13.4. The number of hydrazine groups is 1. The zero-order chi connectivity index (χ0) is 18.8. The summed E-state index contributed by atoms with van der Waals surface area (Å²) >= 11 is 0. The van der Waals surface area contributed by atoms with E-state index in [2.05, 4.69) is 56.9 Å². The highest BCUT2D eigenvalue weighted by atomic mass is 15.5. The van der Waals surface area contributed by atoms with Crippen LogP contribution >= 0.6 is 0 Å². The molecule has 1 aromatic rings. The van der Waals surface area contributed by atoms with Crippen molar-refractivity contribution in [2.24, 2.45) is 22.7 Å². The zero-order valence-electron chi connectivity index (χ0n) is 16.6. The molecule has 0 bridgehead atoms. The number of hydrogen-bond donors (Lipinski definition) is 2. The molecule has 0 amide bonds. The van der Waals surface area contributed by atoms with Crippen LogP contribution in [0.2, 0.25) is 0 Å². The van der Waals surface area contributed by atoms with Gasteiger partial charge in [0.2, 0.25) is 0 Å². The Hall–Kier alpha value is -1.65. The van der Waals surface area contributed by atoms with E-state index in [1.807, 2.05) is 19.9 Å².